The van der Waals surface area contributed by atoms with Gasteiger partial charge in [-0.2, -0.15) is 0 Å². The van der Waals surface area contributed by atoms with E-state index in [2.05, 4.69) is 6.92 Å². The van der Waals surface area contributed by atoms with Crippen LogP contribution < -0.4 is 0 Å². The monoisotopic (exact) mass is 322 g/mol. The summed E-state index contributed by atoms with van der Waals surface area (Å²) in [6, 6.07) is 0. The molecule has 132 valence electrons. The van der Waals surface area contributed by atoms with Crippen LogP contribution in [-0.2, 0) is 4.79 Å². The number of allylic oxidation sites excluding steroid dienone is 5. The lowest BCUT2D eigenvalue weighted by Gasteiger charge is -2.04. The van der Waals surface area contributed by atoms with Gasteiger partial charge in [0.05, 0.1) is 6.10 Å². The number of unbranched alkanes of at least 4 members (excludes halogenated alkanes) is 6. The summed E-state index contributed by atoms with van der Waals surface area (Å²) in [4.78, 5) is 10.3. The number of aliphatic carboxylic acids is 1. The summed E-state index contributed by atoms with van der Waals surface area (Å²) in [5, 5.41) is 18.3. The molecular weight excluding hydrogens is 288 g/mol. The van der Waals surface area contributed by atoms with Crippen molar-refractivity contribution >= 4 is 5.97 Å². The van der Waals surface area contributed by atoms with Crippen LogP contribution in [0.15, 0.2) is 36.5 Å². The van der Waals surface area contributed by atoms with E-state index in [-0.39, 0.29) is 12.5 Å². The van der Waals surface area contributed by atoms with Crippen molar-refractivity contribution in [2.45, 2.75) is 83.7 Å². The third-order valence-corrected chi connectivity index (χ3v) is 3.63. The molecule has 2 N–H and O–H groups in total. The molecule has 0 aliphatic carbocycles. The minimum Gasteiger partial charge on any atom is -0.481 e. The topological polar surface area (TPSA) is 57.5 Å². The SMILES string of the molecule is CCCCCCCC[C@@H](O)/C=C/C=C\C/C=C\CCCC(=O)O. The van der Waals surface area contributed by atoms with Gasteiger partial charge < -0.3 is 10.2 Å². The second-order valence-electron chi connectivity index (χ2n) is 5.93. The molecule has 1 atom stereocenters. The molecule has 0 fully saturated rings. The Hall–Kier alpha value is -1.35. The predicted molar refractivity (Wildman–Crippen MR) is 97.5 cm³/mol. The number of aliphatic hydroxyl groups is 1. The highest BCUT2D eigenvalue weighted by molar-refractivity contribution is 5.66. The van der Waals surface area contributed by atoms with Gasteiger partial charge in [0.2, 0.25) is 0 Å². The number of hydrogen-bond acceptors (Lipinski definition) is 2. The number of aliphatic hydroxyl groups excluding tert-OH is 1. The van der Waals surface area contributed by atoms with Crippen molar-refractivity contribution in [2.75, 3.05) is 0 Å². The maximum absolute atomic E-state index is 10.3. The van der Waals surface area contributed by atoms with Crippen LogP contribution in [0.2, 0.25) is 0 Å². The molecule has 0 heterocycles. The van der Waals surface area contributed by atoms with Crippen LogP contribution >= 0.6 is 0 Å². The second kappa shape index (κ2) is 17.0. The molecule has 0 aromatic heterocycles. The third-order valence-electron chi connectivity index (χ3n) is 3.63. The molecule has 0 bridgehead atoms. The first-order valence-corrected chi connectivity index (χ1v) is 9.05. The van der Waals surface area contributed by atoms with Crippen molar-refractivity contribution in [1.29, 1.82) is 0 Å². The summed E-state index contributed by atoms with van der Waals surface area (Å²) in [6.45, 7) is 2.22. The van der Waals surface area contributed by atoms with Crippen LogP contribution in [0.25, 0.3) is 0 Å². The Kier molecular flexibility index (Phi) is 16.0. The summed E-state index contributed by atoms with van der Waals surface area (Å²) in [5.41, 5.74) is 0. The molecule has 23 heavy (non-hydrogen) atoms. The lowest BCUT2D eigenvalue weighted by molar-refractivity contribution is -0.137. The normalized spacial score (nSPS) is 13.5. The Bertz CT molecular complexity index is 356. The molecule has 3 nitrogen and oxygen atoms in total. The Morgan fingerprint density at radius 2 is 1.70 bits per heavy atom. The van der Waals surface area contributed by atoms with Crippen molar-refractivity contribution < 1.29 is 15.0 Å². The van der Waals surface area contributed by atoms with Gasteiger partial charge in [-0.25, -0.2) is 0 Å². The third kappa shape index (κ3) is 18.6. The average molecular weight is 322 g/mol. The molecule has 3 heteroatoms. The summed E-state index contributed by atoms with van der Waals surface area (Å²) >= 11 is 0. The van der Waals surface area contributed by atoms with Crippen LogP contribution in [-0.4, -0.2) is 22.3 Å². The molecule has 0 saturated carbocycles. The van der Waals surface area contributed by atoms with Crippen LogP contribution in [0.1, 0.15) is 77.6 Å². The fourth-order valence-electron chi connectivity index (χ4n) is 2.24. The van der Waals surface area contributed by atoms with Gasteiger partial charge in [0.15, 0.2) is 0 Å². The molecule has 0 aromatic carbocycles. The molecule has 0 unspecified atom stereocenters. The smallest absolute Gasteiger partial charge is 0.303 e. The zero-order valence-corrected chi connectivity index (χ0v) is 14.6. The summed E-state index contributed by atoms with van der Waals surface area (Å²) in [5.74, 6) is -0.733. The molecule has 0 radical (unpaired) electrons. The van der Waals surface area contributed by atoms with Gasteiger partial charge in [-0.1, -0.05) is 81.9 Å². The van der Waals surface area contributed by atoms with Gasteiger partial charge in [0, 0.05) is 6.42 Å². The largest absolute Gasteiger partial charge is 0.481 e. The minimum atomic E-state index is -0.733. The van der Waals surface area contributed by atoms with E-state index < -0.39 is 5.97 Å². The highest BCUT2D eigenvalue weighted by atomic mass is 16.4. The van der Waals surface area contributed by atoms with E-state index in [9.17, 15) is 9.90 Å². The number of rotatable bonds is 15. The summed E-state index contributed by atoms with van der Waals surface area (Å²) in [6.07, 6.45) is 22.4. The Morgan fingerprint density at radius 3 is 2.43 bits per heavy atom. The first kappa shape index (κ1) is 21.6. The first-order chi connectivity index (χ1) is 11.2. The van der Waals surface area contributed by atoms with Crippen molar-refractivity contribution in [2.24, 2.45) is 0 Å². The Labute approximate surface area is 141 Å². The maximum Gasteiger partial charge on any atom is 0.303 e. The van der Waals surface area contributed by atoms with E-state index in [1.165, 1.54) is 32.1 Å². The summed E-state index contributed by atoms with van der Waals surface area (Å²) < 4.78 is 0. The highest BCUT2D eigenvalue weighted by Gasteiger charge is 1.98. The average Bonchev–Trinajstić information content (AvgIpc) is 2.52. The molecule has 0 saturated heterocycles. The lowest BCUT2D eigenvalue weighted by Crippen LogP contribution is -2.01. The molecule has 0 aliphatic heterocycles. The van der Waals surface area contributed by atoms with Gasteiger partial charge in [-0.05, 0) is 25.7 Å². The van der Waals surface area contributed by atoms with Gasteiger partial charge >= 0.3 is 5.97 Å². The van der Waals surface area contributed by atoms with Gasteiger partial charge in [-0.15, -0.1) is 0 Å². The van der Waals surface area contributed by atoms with Crippen LogP contribution in [0.5, 0.6) is 0 Å². The molecule has 0 spiro atoms. The first-order valence-electron chi connectivity index (χ1n) is 9.05. The highest BCUT2D eigenvalue weighted by Crippen LogP contribution is 2.09. The number of carboxylic acid groups (broad SMARTS) is 1. The fraction of sp³-hybridized carbons (Fsp3) is 0.650. The number of carboxylic acids is 1. The standard InChI is InChI=1S/C20H34O3/c1-2-3-4-5-10-13-16-19(21)17-14-11-8-6-7-9-12-15-18-20(22)23/h7-9,11,14,17,19,21H,2-6,10,12-13,15-16,18H2,1H3,(H,22,23)/b9-7-,11-8-,17-14+/t19-/m1/s1. The van der Waals surface area contributed by atoms with Crippen molar-refractivity contribution in [3.05, 3.63) is 36.5 Å². The molecule has 0 rings (SSSR count). The number of hydrogen-bond donors (Lipinski definition) is 2. The minimum absolute atomic E-state index is 0.236. The van der Waals surface area contributed by atoms with Gasteiger partial charge in [0.25, 0.3) is 0 Å². The van der Waals surface area contributed by atoms with Gasteiger partial charge in [-0.3, -0.25) is 4.79 Å². The maximum atomic E-state index is 10.3. The van der Waals surface area contributed by atoms with Crippen LogP contribution in [0, 0.1) is 0 Å². The van der Waals surface area contributed by atoms with E-state index in [1.54, 1.807) is 0 Å². The quantitative estimate of drug-likeness (QED) is 0.241. The van der Waals surface area contributed by atoms with Crippen LogP contribution in [0.4, 0.5) is 0 Å². The van der Waals surface area contributed by atoms with E-state index >= 15 is 0 Å². The van der Waals surface area contributed by atoms with E-state index in [0.717, 1.165) is 25.7 Å². The van der Waals surface area contributed by atoms with E-state index in [4.69, 9.17) is 5.11 Å². The van der Waals surface area contributed by atoms with Crippen molar-refractivity contribution in [1.82, 2.24) is 0 Å². The molecule has 0 amide bonds. The molecule has 0 aromatic rings. The lowest BCUT2D eigenvalue weighted by atomic mass is 10.1. The molecular formula is C20H34O3. The zero-order chi connectivity index (χ0) is 17.2. The van der Waals surface area contributed by atoms with Crippen molar-refractivity contribution in [3.63, 3.8) is 0 Å². The van der Waals surface area contributed by atoms with E-state index in [0.29, 0.717) is 6.42 Å². The zero-order valence-electron chi connectivity index (χ0n) is 14.6. The van der Waals surface area contributed by atoms with E-state index in [1.807, 2.05) is 36.5 Å². The number of carbonyl (C=O) groups is 1. The fourth-order valence-corrected chi connectivity index (χ4v) is 2.24. The second-order valence-corrected chi connectivity index (χ2v) is 5.93. The Balaban J connectivity index is 3.51. The van der Waals surface area contributed by atoms with Crippen LogP contribution in [0.3, 0.4) is 0 Å². The predicted octanol–water partition coefficient (Wildman–Crippen LogP) is 5.41. The molecule has 0 aliphatic rings. The van der Waals surface area contributed by atoms with Gasteiger partial charge in [0.1, 0.15) is 0 Å². The Morgan fingerprint density at radius 1 is 0.957 bits per heavy atom. The van der Waals surface area contributed by atoms with Crippen molar-refractivity contribution in [3.8, 4) is 0 Å². The summed E-state index contributed by atoms with van der Waals surface area (Å²) in [7, 11) is 0.